The first-order valence-corrected chi connectivity index (χ1v) is 6.02. The maximum Gasteiger partial charge on any atom is 0.411 e. The smallest absolute Gasteiger partial charge is 0.411 e. The van der Waals surface area contributed by atoms with E-state index >= 15 is 0 Å². The predicted molar refractivity (Wildman–Crippen MR) is 72.0 cm³/mol. The lowest BCUT2D eigenvalue weighted by Crippen LogP contribution is -2.41. The SMILES string of the molecule is COC(=O)Nc1ccc(C(=O)NC(CCF)C(=O)O)cc1. The molecule has 2 amide bonds. The molecular formula is C13H15FN2O5. The van der Waals surface area contributed by atoms with Gasteiger partial charge in [-0.3, -0.25) is 14.5 Å². The van der Waals surface area contributed by atoms with Crippen molar-refractivity contribution in [1.29, 1.82) is 0 Å². The number of halogens is 1. The van der Waals surface area contributed by atoms with Gasteiger partial charge >= 0.3 is 12.1 Å². The van der Waals surface area contributed by atoms with Crippen molar-refractivity contribution in [1.82, 2.24) is 5.32 Å². The fraction of sp³-hybridized carbons (Fsp3) is 0.308. The molecule has 1 rings (SSSR count). The summed E-state index contributed by atoms with van der Waals surface area (Å²) in [5, 5.41) is 13.4. The van der Waals surface area contributed by atoms with Gasteiger partial charge in [0.15, 0.2) is 0 Å². The Morgan fingerprint density at radius 2 is 1.90 bits per heavy atom. The van der Waals surface area contributed by atoms with Crippen molar-refractivity contribution in [3.05, 3.63) is 29.8 Å². The van der Waals surface area contributed by atoms with E-state index in [1.54, 1.807) is 0 Å². The molecule has 21 heavy (non-hydrogen) atoms. The van der Waals surface area contributed by atoms with Crippen LogP contribution in [0.25, 0.3) is 0 Å². The molecule has 0 saturated heterocycles. The number of methoxy groups -OCH3 is 1. The molecule has 0 aliphatic heterocycles. The zero-order valence-corrected chi connectivity index (χ0v) is 11.3. The molecule has 1 unspecified atom stereocenters. The minimum Gasteiger partial charge on any atom is -0.480 e. The van der Waals surface area contributed by atoms with Gasteiger partial charge < -0.3 is 15.2 Å². The van der Waals surface area contributed by atoms with Gasteiger partial charge in [-0.2, -0.15) is 0 Å². The van der Waals surface area contributed by atoms with Crippen LogP contribution in [0.5, 0.6) is 0 Å². The van der Waals surface area contributed by atoms with E-state index in [1.807, 2.05) is 0 Å². The monoisotopic (exact) mass is 298 g/mol. The molecule has 1 aromatic rings. The van der Waals surface area contributed by atoms with Crippen LogP contribution in [-0.2, 0) is 9.53 Å². The highest BCUT2D eigenvalue weighted by molar-refractivity contribution is 5.97. The number of aliphatic carboxylic acids is 1. The van der Waals surface area contributed by atoms with Gasteiger partial charge in [-0.25, -0.2) is 9.59 Å². The fourth-order valence-electron chi connectivity index (χ4n) is 1.48. The third-order valence-electron chi connectivity index (χ3n) is 2.58. The molecule has 0 heterocycles. The minimum atomic E-state index is -1.30. The molecule has 0 fully saturated rings. The Labute approximate surface area is 120 Å². The van der Waals surface area contributed by atoms with E-state index in [2.05, 4.69) is 15.4 Å². The van der Waals surface area contributed by atoms with E-state index in [0.717, 1.165) is 0 Å². The van der Waals surface area contributed by atoms with Crippen molar-refractivity contribution in [2.45, 2.75) is 12.5 Å². The van der Waals surface area contributed by atoms with Gasteiger partial charge in [0.1, 0.15) is 6.04 Å². The van der Waals surface area contributed by atoms with Gasteiger partial charge in [-0.1, -0.05) is 0 Å². The van der Waals surface area contributed by atoms with Crippen LogP contribution in [-0.4, -0.2) is 42.9 Å². The van der Waals surface area contributed by atoms with Crippen molar-refractivity contribution >= 4 is 23.7 Å². The number of alkyl halides is 1. The van der Waals surface area contributed by atoms with Gasteiger partial charge in [0, 0.05) is 17.7 Å². The van der Waals surface area contributed by atoms with Gasteiger partial charge in [0.05, 0.1) is 13.8 Å². The number of carboxylic acids is 1. The summed E-state index contributed by atoms with van der Waals surface area (Å²) in [6.07, 6.45) is -0.954. The third kappa shape index (κ3) is 5.09. The second-order valence-corrected chi connectivity index (χ2v) is 4.04. The molecule has 1 atom stereocenters. The van der Waals surface area contributed by atoms with Crippen molar-refractivity contribution in [2.24, 2.45) is 0 Å². The summed E-state index contributed by atoms with van der Waals surface area (Å²) in [5.41, 5.74) is 0.604. The van der Waals surface area contributed by atoms with Crippen LogP contribution in [0.2, 0.25) is 0 Å². The second kappa shape index (κ2) is 7.83. The highest BCUT2D eigenvalue weighted by Crippen LogP contribution is 2.10. The number of anilines is 1. The van der Waals surface area contributed by atoms with Crippen LogP contribution in [0.1, 0.15) is 16.8 Å². The van der Waals surface area contributed by atoms with Crippen LogP contribution in [0.15, 0.2) is 24.3 Å². The highest BCUT2D eigenvalue weighted by atomic mass is 19.1. The Balaban J connectivity index is 2.70. The van der Waals surface area contributed by atoms with Crippen molar-refractivity contribution in [3.8, 4) is 0 Å². The molecular weight excluding hydrogens is 283 g/mol. The zero-order valence-electron chi connectivity index (χ0n) is 11.3. The van der Waals surface area contributed by atoms with Crippen LogP contribution in [0.3, 0.4) is 0 Å². The summed E-state index contributed by atoms with van der Waals surface area (Å²) < 4.78 is 16.6. The number of amides is 2. The molecule has 8 heteroatoms. The van der Waals surface area contributed by atoms with Crippen LogP contribution in [0, 0.1) is 0 Å². The summed E-state index contributed by atoms with van der Waals surface area (Å²) in [6.45, 7) is -0.848. The Kier molecular flexibility index (Phi) is 6.12. The van der Waals surface area contributed by atoms with Gasteiger partial charge in [-0.15, -0.1) is 0 Å². The lowest BCUT2D eigenvalue weighted by molar-refractivity contribution is -0.139. The molecule has 0 saturated carbocycles. The van der Waals surface area contributed by atoms with E-state index in [9.17, 15) is 18.8 Å². The lowest BCUT2D eigenvalue weighted by Gasteiger charge is -2.13. The maximum atomic E-state index is 12.2. The normalized spacial score (nSPS) is 11.3. The summed E-state index contributed by atoms with van der Waals surface area (Å²) in [5.74, 6) is -1.94. The van der Waals surface area contributed by atoms with E-state index in [0.29, 0.717) is 5.69 Å². The number of carbonyl (C=O) groups is 3. The number of carbonyl (C=O) groups excluding carboxylic acids is 2. The van der Waals surface area contributed by atoms with Crippen molar-refractivity contribution < 1.29 is 28.6 Å². The van der Waals surface area contributed by atoms with Crippen molar-refractivity contribution in [3.63, 3.8) is 0 Å². The first kappa shape index (κ1) is 16.4. The number of ether oxygens (including phenoxy) is 1. The molecule has 114 valence electrons. The minimum absolute atomic E-state index is 0.190. The van der Waals surface area contributed by atoms with Crippen LogP contribution in [0.4, 0.5) is 14.9 Å². The third-order valence-corrected chi connectivity index (χ3v) is 2.58. The molecule has 3 N–H and O–H groups in total. The Hall–Kier alpha value is -2.64. The zero-order chi connectivity index (χ0) is 15.8. The van der Waals surface area contributed by atoms with Gasteiger partial charge in [0.25, 0.3) is 5.91 Å². The highest BCUT2D eigenvalue weighted by Gasteiger charge is 2.20. The average molecular weight is 298 g/mol. The van der Waals surface area contributed by atoms with E-state index in [1.165, 1.54) is 31.4 Å². The standard InChI is InChI=1S/C13H15FN2O5/c1-21-13(20)15-9-4-2-8(3-5-9)11(17)16-10(6-7-14)12(18)19/h2-5,10H,6-7H2,1H3,(H,15,20)(H,16,17)(H,18,19). The molecule has 0 aliphatic carbocycles. The van der Waals surface area contributed by atoms with E-state index in [-0.39, 0.29) is 12.0 Å². The summed E-state index contributed by atoms with van der Waals surface area (Å²) in [7, 11) is 1.22. The fourth-order valence-corrected chi connectivity index (χ4v) is 1.48. The molecule has 0 radical (unpaired) electrons. The second-order valence-electron chi connectivity index (χ2n) is 4.04. The number of benzene rings is 1. The summed E-state index contributed by atoms with van der Waals surface area (Å²) in [4.78, 5) is 33.6. The van der Waals surface area contributed by atoms with Crippen LogP contribution < -0.4 is 10.6 Å². The number of hydrogen-bond donors (Lipinski definition) is 3. The molecule has 7 nitrogen and oxygen atoms in total. The number of hydrogen-bond acceptors (Lipinski definition) is 4. The van der Waals surface area contributed by atoms with Gasteiger partial charge in [0.2, 0.25) is 0 Å². The van der Waals surface area contributed by atoms with Crippen LogP contribution >= 0.6 is 0 Å². The number of carboxylic acid groups (broad SMARTS) is 1. The maximum absolute atomic E-state index is 12.2. The molecule has 0 spiro atoms. The molecule has 0 aliphatic rings. The number of nitrogens with one attached hydrogen (secondary N) is 2. The van der Waals surface area contributed by atoms with Gasteiger partial charge in [-0.05, 0) is 24.3 Å². The van der Waals surface area contributed by atoms with E-state index in [4.69, 9.17) is 5.11 Å². The number of rotatable bonds is 6. The Morgan fingerprint density at radius 1 is 1.29 bits per heavy atom. The van der Waals surface area contributed by atoms with Crippen molar-refractivity contribution in [2.75, 3.05) is 19.1 Å². The molecule has 0 aromatic heterocycles. The Morgan fingerprint density at radius 3 is 2.38 bits per heavy atom. The topological polar surface area (TPSA) is 105 Å². The predicted octanol–water partition coefficient (Wildman–Crippen LogP) is 1.41. The quantitative estimate of drug-likeness (QED) is 0.736. The first-order valence-electron chi connectivity index (χ1n) is 6.02. The lowest BCUT2D eigenvalue weighted by atomic mass is 10.1. The molecule has 1 aromatic carbocycles. The average Bonchev–Trinajstić information content (AvgIpc) is 2.47. The largest absolute Gasteiger partial charge is 0.480 e. The summed E-state index contributed by atoms with van der Waals surface area (Å²) in [6, 6.07) is 4.42. The molecule has 0 bridgehead atoms. The Bertz CT molecular complexity index is 518. The van der Waals surface area contributed by atoms with E-state index < -0.39 is 30.7 Å². The summed E-state index contributed by atoms with van der Waals surface area (Å²) >= 11 is 0. The first-order chi connectivity index (χ1) is 9.97.